The third kappa shape index (κ3) is 4.02. The molecule has 4 nitrogen and oxygen atoms in total. The highest BCUT2D eigenvalue weighted by Crippen LogP contribution is 2.31. The van der Waals surface area contributed by atoms with Gasteiger partial charge in [-0.1, -0.05) is 37.3 Å². The van der Waals surface area contributed by atoms with Crippen molar-refractivity contribution in [2.24, 2.45) is 5.92 Å². The Labute approximate surface area is 124 Å². The molecule has 0 unspecified atom stereocenters. The third-order valence-electron chi connectivity index (χ3n) is 2.87. The summed E-state index contributed by atoms with van der Waals surface area (Å²) in [4.78, 5) is 0. The number of ether oxygens (including phenoxy) is 1. The SMILES string of the molecule is COc1ccccc1-c1nnc(CCNCC(C)C)s1. The molecule has 0 fully saturated rings. The molecular weight excluding hydrogens is 270 g/mol. The number of nitrogens with one attached hydrogen (secondary N) is 1. The Hall–Kier alpha value is -1.46. The molecule has 5 heteroatoms. The van der Waals surface area contributed by atoms with Crippen LogP contribution in [0.2, 0.25) is 0 Å². The van der Waals surface area contributed by atoms with Crippen molar-refractivity contribution in [2.45, 2.75) is 20.3 Å². The zero-order chi connectivity index (χ0) is 14.4. The average Bonchev–Trinajstić information content (AvgIpc) is 2.92. The lowest BCUT2D eigenvalue weighted by Crippen LogP contribution is -2.22. The minimum atomic E-state index is 0.675. The molecule has 0 spiro atoms. The lowest BCUT2D eigenvalue weighted by molar-refractivity contribution is 0.416. The first-order valence-electron chi connectivity index (χ1n) is 6.87. The third-order valence-corrected chi connectivity index (χ3v) is 3.89. The van der Waals surface area contributed by atoms with Crippen molar-refractivity contribution in [2.75, 3.05) is 20.2 Å². The molecule has 0 saturated carbocycles. The van der Waals surface area contributed by atoms with Gasteiger partial charge in [-0.3, -0.25) is 0 Å². The second kappa shape index (κ2) is 7.36. The summed E-state index contributed by atoms with van der Waals surface area (Å²) in [6.45, 7) is 6.40. The summed E-state index contributed by atoms with van der Waals surface area (Å²) in [5.41, 5.74) is 1.01. The second-order valence-electron chi connectivity index (χ2n) is 5.05. The first-order chi connectivity index (χ1) is 9.70. The maximum absolute atomic E-state index is 5.36. The zero-order valence-corrected chi connectivity index (χ0v) is 13.0. The molecule has 2 aromatic rings. The van der Waals surface area contributed by atoms with Crippen LogP contribution in [-0.2, 0) is 6.42 Å². The van der Waals surface area contributed by atoms with Crippen molar-refractivity contribution in [3.63, 3.8) is 0 Å². The van der Waals surface area contributed by atoms with Gasteiger partial charge in [0.1, 0.15) is 10.8 Å². The van der Waals surface area contributed by atoms with Crippen LogP contribution in [0, 0.1) is 5.92 Å². The number of aromatic nitrogens is 2. The zero-order valence-electron chi connectivity index (χ0n) is 12.2. The van der Waals surface area contributed by atoms with Crippen LogP contribution in [-0.4, -0.2) is 30.4 Å². The Balaban J connectivity index is 1.98. The van der Waals surface area contributed by atoms with Crippen molar-refractivity contribution in [1.82, 2.24) is 15.5 Å². The minimum Gasteiger partial charge on any atom is -0.496 e. The fourth-order valence-electron chi connectivity index (χ4n) is 1.87. The van der Waals surface area contributed by atoms with E-state index in [1.807, 2.05) is 24.3 Å². The van der Waals surface area contributed by atoms with E-state index in [0.717, 1.165) is 40.8 Å². The van der Waals surface area contributed by atoms with Gasteiger partial charge in [-0.2, -0.15) is 0 Å². The largest absolute Gasteiger partial charge is 0.496 e. The van der Waals surface area contributed by atoms with Crippen LogP contribution in [0.5, 0.6) is 5.75 Å². The van der Waals surface area contributed by atoms with Crippen molar-refractivity contribution >= 4 is 11.3 Å². The van der Waals surface area contributed by atoms with Gasteiger partial charge in [-0.15, -0.1) is 10.2 Å². The van der Waals surface area contributed by atoms with Crippen LogP contribution in [0.4, 0.5) is 0 Å². The number of para-hydroxylation sites is 1. The molecule has 2 rings (SSSR count). The van der Waals surface area contributed by atoms with E-state index in [4.69, 9.17) is 4.74 Å². The molecule has 0 saturated heterocycles. The van der Waals surface area contributed by atoms with Crippen molar-refractivity contribution in [3.05, 3.63) is 29.3 Å². The summed E-state index contributed by atoms with van der Waals surface area (Å²) < 4.78 is 5.36. The highest BCUT2D eigenvalue weighted by molar-refractivity contribution is 7.14. The van der Waals surface area contributed by atoms with Gasteiger partial charge < -0.3 is 10.1 Å². The molecule has 0 aliphatic rings. The molecule has 0 amide bonds. The van der Waals surface area contributed by atoms with Crippen molar-refractivity contribution < 1.29 is 4.74 Å². The number of methoxy groups -OCH3 is 1. The summed E-state index contributed by atoms with van der Waals surface area (Å²) in [5.74, 6) is 1.52. The van der Waals surface area contributed by atoms with Crippen LogP contribution in [0.3, 0.4) is 0 Å². The number of hydrogen-bond acceptors (Lipinski definition) is 5. The minimum absolute atomic E-state index is 0.675. The molecule has 0 aliphatic heterocycles. The second-order valence-corrected chi connectivity index (χ2v) is 6.11. The Morgan fingerprint density at radius 1 is 1.25 bits per heavy atom. The molecule has 20 heavy (non-hydrogen) atoms. The number of hydrogen-bond donors (Lipinski definition) is 1. The van der Waals surface area contributed by atoms with Gasteiger partial charge in [-0.05, 0) is 24.6 Å². The quantitative estimate of drug-likeness (QED) is 0.797. The normalized spacial score (nSPS) is 11.0. The van der Waals surface area contributed by atoms with Gasteiger partial charge in [0.15, 0.2) is 5.01 Å². The van der Waals surface area contributed by atoms with Crippen LogP contribution in [0.1, 0.15) is 18.9 Å². The smallest absolute Gasteiger partial charge is 0.151 e. The van der Waals surface area contributed by atoms with Crippen molar-refractivity contribution in [1.29, 1.82) is 0 Å². The van der Waals surface area contributed by atoms with Gasteiger partial charge in [-0.25, -0.2) is 0 Å². The van der Waals surface area contributed by atoms with Gasteiger partial charge in [0.2, 0.25) is 0 Å². The van der Waals surface area contributed by atoms with Gasteiger partial charge in [0, 0.05) is 13.0 Å². The standard InChI is InChI=1S/C15H21N3OS/c1-11(2)10-16-9-8-14-17-18-15(20-14)12-6-4-5-7-13(12)19-3/h4-7,11,16H,8-10H2,1-3H3. The molecule has 1 aromatic heterocycles. The maximum Gasteiger partial charge on any atom is 0.151 e. The van der Waals surface area contributed by atoms with Gasteiger partial charge in [0.25, 0.3) is 0 Å². The van der Waals surface area contributed by atoms with E-state index in [9.17, 15) is 0 Å². The molecule has 0 radical (unpaired) electrons. The molecule has 0 bridgehead atoms. The first kappa shape index (κ1) is 14.9. The van der Waals surface area contributed by atoms with E-state index in [2.05, 4.69) is 29.4 Å². The first-order valence-corrected chi connectivity index (χ1v) is 7.69. The molecular formula is C15H21N3OS. The van der Waals surface area contributed by atoms with E-state index < -0.39 is 0 Å². The van der Waals surface area contributed by atoms with E-state index in [0.29, 0.717) is 5.92 Å². The predicted octanol–water partition coefficient (Wildman–Crippen LogP) is 3.00. The summed E-state index contributed by atoms with van der Waals surface area (Å²) >= 11 is 1.63. The topological polar surface area (TPSA) is 47.0 Å². The monoisotopic (exact) mass is 291 g/mol. The lowest BCUT2D eigenvalue weighted by Gasteiger charge is -2.05. The summed E-state index contributed by atoms with van der Waals surface area (Å²) in [7, 11) is 1.68. The molecule has 108 valence electrons. The fourth-order valence-corrected chi connectivity index (χ4v) is 2.74. The van der Waals surface area contributed by atoms with Gasteiger partial charge in [0.05, 0.1) is 12.7 Å². The highest BCUT2D eigenvalue weighted by atomic mass is 32.1. The highest BCUT2D eigenvalue weighted by Gasteiger charge is 2.10. The Bertz CT molecular complexity index is 539. The Morgan fingerprint density at radius 3 is 2.80 bits per heavy atom. The predicted molar refractivity (Wildman–Crippen MR) is 83.3 cm³/mol. The maximum atomic E-state index is 5.36. The van der Waals surface area contributed by atoms with Crippen LogP contribution < -0.4 is 10.1 Å². The molecule has 0 atom stereocenters. The van der Waals surface area contributed by atoms with Crippen LogP contribution in [0.15, 0.2) is 24.3 Å². The van der Waals surface area contributed by atoms with E-state index in [-0.39, 0.29) is 0 Å². The summed E-state index contributed by atoms with van der Waals surface area (Å²) in [6, 6.07) is 7.91. The van der Waals surface area contributed by atoms with E-state index in [1.54, 1.807) is 18.4 Å². The molecule has 1 N–H and O–H groups in total. The lowest BCUT2D eigenvalue weighted by atomic mass is 10.2. The number of benzene rings is 1. The molecule has 0 aliphatic carbocycles. The van der Waals surface area contributed by atoms with E-state index in [1.165, 1.54) is 0 Å². The molecule has 1 heterocycles. The van der Waals surface area contributed by atoms with Gasteiger partial charge >= 0.3 is 0 Å². The Morgan fingerprint density at radius 2 is 2.05 bits per heavy atom. The van der Waals surface area contributed by atoms with Crippen molar-refractivity contribution in [3.8, 4) is 16.3 Å². The summed E-state index contributed by atoms with van der Waals surface area (Å²) in [6.07, 6.45) is 0.916. The van der Waals surface area contributed by atoms with Crippen LogP contribution in [0.25, 0.3) is 10.6 Å². The average molecular weight is 291 g/mol. The van der Waals surface area contributed by atoms with Crippen LogP contribution >= 0.6 is 11.3 Å². The Kier molecular flexibility index (Phi) is 5.49. The number of nitrogens with zero attached hydrogens (tertiary/aromatic N) is 2. The fraction of sp³-hybridized carbons (Fsp3) is 0.467. The summed E-state index contributed by atoms with van der Waals surface area (Å²) in [5, 5.41) is 13.9. The number of rotatable bonds is 7. The van der Waals surface area contributed by atoms with E-state index >= 15 is 0 Å². The molecule has 1 aromatic carbocycles.